The van der Waals surface area contributed by atoms with Gasteiger partial charge in [0.15, 0.2) is 5.92 Å². The Balaban J connectivity index is 2.60. The maximum atomic E-state index is 12.4. The van der Waals surface area contributed by atoms with Crippen molar-refractivity contribution in [2.24, 2.45) is 16.7 Å². The number of hydrogen-bond donors (Lipinski definition) is 2. The molecule has 100 valence electrons. The lowest BCUT2D eigenvalue weighted by atomic mass is 10.0. The molecule has 17 heavy (non-hydrogen) atoms. The molecule has 0 bridgehead atoms. The molecule has 0 aliphatic heterocycles. The summed E-state index contributed by atoms with van der Waals surface area (Å²) in [6.07, 6.45) is -4.71. The minimum absolute atomic E-state index is 0.0841. The summed E-state index contributed by atoms with van der Waals surface area (Å²) in [6, 6.07) is -0.0841. The molecule has 1 rings (SSSR count). The summed E-state index contributed by atoms with van der Waals surface area (Å²) in [4.78, 5) is 10.5. The van der Waals surface area contributed by atoms with Gasteiger partial charge in [-0.05, 0) is 10.8 Å². The predicted octanol–water partition coefficient (Wildman–Crippen LogP) is 2.27. The van der Waals surface area contributed by atoms with Crippen LogP contribution in [0, 0.1) is 16.7 Å². The van der Waals surface area contributed by atoms with Crippen molar-refractivity contribution in [3.63, 3.8) is 0 Å². The second-order valence-electron chi connectivity index (χ2n) is 5.72. The molecule has 1 atom stereocenters. The standard InChI is InChI=1S/C11H18F3NO2/c1-9(2)8(10(9,3)4)15-5-6(7(16)17)11(12,13)14/h6,8,15H,5H2,1-4H3,(H,16,17). The summed E-state index contributed by atoms with van der Waals surface area (Å²) in [5.41, 5.74) is -0.219. The number of nitrogens with one attached hydrogen (secondary N) is 1. The fourth-order valence-corrected chi connectivity index (χ4v) is 2.29. The molecule has 3 nitrogen and oxygen atoms in total. The van der Waals surface area contributed by atoms with E-state index >= 15 is 0 Å². The van der Waals surface area contributed by atoms with Crippen LogP contribution < -0.4 is 5.32 Å². The Morgan fingerprint density at radius 3 is 1.94 bits per heavy atom. The van der Waals surface area contributed by atoms with E-state index in [4.69, 9.17) is 5.11 Å². The predicted molar refractivity (Wildman–Crippen MR) is 56.5 cm³/mol. The number of alkyl halides is 3. The summed E-state index contributed by atoms with van der Waals surface area (Å²) in [5, 5.41) is 11.3. The number of aliphatic carboxylic acids is 1. The van der Waals surface area contributed by atoms with Crippen molar-refractivity contribution in [1.82, 2.24) is 5.32 Å². The van der Waals surface area contributed by atoms with Crippen LogP contribution in [0.25, 0.3) is 0 Å². The Kier molecular flexibility index (Phi) is 3.25. The summed E-state index contributed by atoms with van der Waals surface area (Å²) in [7, 11) is 0. The van der Waals surface area contributed by atoms with Crippen LogP contribution in [0.2, 0.25) is 0 Å². The van der Waals surface area contributed by atoms with Crippen LogP contribution in [0.1, 0.15) is 27.7 Å². The van der Waals surface area contributed by atoms with Crippen LogP contribution >= 0.6 is 0 Å². The van der Waals surface area contributed by atoms with Gasteiger partial charge in [0.05, 0.1) is 0 Å². The number of halogens is 3. The third-order valence-corrected chi connectivity index (χ3v) is 4.24. The first-order chi connectivity index (χ1) is 7.42. The molecule has 0 heterocycles. The first-order valence-corrected chi connectivity index (χ1v) is 5.45. The van der Waals surface area contributed by atoms with Crippen molar-refractivity contribution >= 4 is 5.97 Å². The molecule has 0 radical (unpaired) electrons. The molecule has 1 fully saturated rings. The normalized spacial score (nSPS) is 24.4. The van der Waals surface area contributed by atoms with E-state index in [1.54, 1.807) is 0 Å². The van der Waals surface area contributed by atoms with Crippen molar-refractivity contribution < 1.29 is 23.1 Å². The third kappa shape index (κ3) is 2.41. The topological polar surface area (TPSA) is 49.3 Å². The van der Waals surface area contributed by atoms with Crippen molar-refractivity contribution in [2.45, 2.75) is 39.9 Å². The molecule has 1 unspecified atom stereocenters. The second-order valence-corrected chi connectivity index (χ2v) is 5.72. The van der Waals surface area contributed by atoms with E-state index in [1.165, 1.54) is 0 Å². The van der Waals surface area contributed by atoms with Gasteiger partial charge in [0.25, 0.3) is 0 Å². The van der Waals surface area contributed by atoms with Crippen LogP contribution in [0.3, 0.4) is 0 Å². The molecule has 1 aliphatic carbocycles. The lowest BCUT2D eigenvalue weighted by Crippen LogP contribution is -2.40. The fraction of sp³-hybridized carbons (Fsp3) is 0.909. The molecule has 1 saturated carbocycles. The quantitative estimate of drug-likeness (QED) is 0.808. The van der Waals surface area contributed by atoms with Crippen molar-refractivity contribution in [3.05, 3.63) is 0 Å². The zero-order valence-corrected chi connectivity index (χ0v) is 10.4. The summed E-state index contributed by atoms with van der Waals surface area (Å²) in [6.45, 7) is 7.24. The van der Waals surface area contributed by atoms with Gasteiger partial charge in [-0.25, -0.2) is 0 Å². The van der Waals surface area contributed by atoms with Gasteiger partial charge in [0.1, 0.15) is 0 Å². The van der Waals surface area contributed by atoms with Crippen molar-refractivity contribution in [1.29, 1.82) is 0 Å². The average molecular weight is 253 g/mol. The highest BCUT2D eigenvalue weighted by Crippen LogP contribution is 2.62. The van der Waals surface area contributed by atoms with Gasteiger partial charge in [0.2, 0.25) is 0 Å². The molecule has 0 aromatic rings. The first kappa shape index (κ1) is 14.3. The lowest BCUT2D eigenvalue weighted by molar-refractivity contribution is -0.192. The monoisotopic (exact) mass is 253 g/mol. The lowest BCUT2D eigenvalue weighted by Gasteiger charge is -2.17. The number of carboxylic acid groups (broad SMARTS) is 1. The van der Waals surface area contributed by atoms with E-state index in [9.17, 15) is 18.0 Å². The third-order valence-electron chi connectivity index (χ3n) is 4.24. The van der Waals surface area contributed by atoms with Gasteiger partial charge in [-0.1, -0.05) is 27.7 Å². The largest absolute Gasteiger partial charge is 0.481 e. The summed E-state index contributed by atoms with van der Waals surface area (Å²) < 4.78 is 37.2. The highest BCUT2D eigenvalue weighted by atomic mass is 19.4. The summed E-state index contributed by atoms with van der Waals surface area (Å²) in [5.74, 6) is -4.17. The van der Waals surface area contributed by atoms with Crippen LogP contribution in [0.5, 0.6) is 0 Å². The van der Waals surface area contributed by atoms with Crippen LogP contribution in [-0.2, 0) is 4.79 Å². The molecule has 0 aromatic heterocycles. The minimum Gasteiger partial charge on any atom is -0.481 e. The maximum absolute atomic E-state index is 12.4. The van der Waals surface area contributed by atoms with E-state index < -0.39 is 24.6 Å². The van der Waals surface area contributed by atoms with E-state index in [2.05, 4.69) is 5.32 Å². The number of hydrogen-bond acceptors (Lipinski definition) is 2. The molecular weight excluding hydrogens is 235 g/mol. The molecule has 6 heteroatoms. The van der Waals surface area contributed by atoms with Crippen LogP contribution in [0.15, 0.2) is 0 Å². The highest BCUT2D eigenvalue weighted by molar-refractivity contribution is 5.71. The zero-order valence-electron chi connectivity index (χ0n) is 10.4. The second kappa shape index (κ2) is 3.86. The fourth-order valence-electron chi connectivity index (χ4n) is 2.29. The zero-order chi connectivity index (χ0) is 13.6. The molecule has 0 saturated heterocycles. The van der Waals surface area contributed by atoms with Gasteiger partial charge in [-0.15, -0.1) is 0 Å². The number of carbonyl (C=O) groups is 1. The SMILES string of the molecule is CC1(C)C(NCC(C(=O)O)C(F)(F)F)C1(C)C. The molecule has 2 N–H and O–H groups in total. The van der Waals surface area contributed by atoms with E-state index in [0.29, 0.717) is 0 Å². The Morgan fingerprint density at radius 1 is 1.29 bits per heavy atom. The number of rotatable bonds is 4. The molecular formula is C11H18F3NO2. The van der Waals surface area contributed by atoms with E-state index in [-0.39, 0.29) is 16.9 Å². The molecule has 0 amide bonds. The van der Waals surface area contributed by atoms with Gasteiger partial charge >= 0.3 is 12.1 Å². The van der Waals surface area contributed by atoms with Gasteiger partial charge < -0.3 is 10.4 Å². The Labute approximate surface area is 98.4 Å². The van der Waals surface area contributed by atoms with E-state index in [1.807, 2.05) is 27.7 Å². The van der Waals surface area contributed by atoms with Crippen LogP contribution in [0.4, 0.5) is 13.2 Å². The molecule has 0 aromatic carbocycles. The summed E-state index contributed by atoms with van der Waals surface area (Å²) >= 11 is 0. The highest BCUT2D eigenvalue weighted by Gasteiger charge is 2.64. The van der Waals surface area contributed by atoms with Crippen molar-refractivity contribution in [2.75, 3.05) is 6.54 Å². The Hall–Kier alpha value is -0.780. The Morgan fingerprint density at radius 2 is 1.71 bits per heavy atom. The minimum atomic E-state index is -4.71. The van der Waals surface area contributed by atoms with E-state index in [0.717, 1.165) is 0 Å². The molecule has 1 aliphatic rings. The number of carboxylic acids is 1. The average Bonchev–Trinajstić information content (AvgIpc) is 2.43. The van der Waals surface area contributed by atoms with Crippen molar-refractivity contribution in [3.8, 4) is 0 Å². The smallest absolute Gasteiger partial charge is 0.403 e. The van der Waals surface area contributed by atoms with Gasteiger partial charge in [-0.3, -0.25) is 4.79 Å². The maximum Gasteiger partial charge on any atom is 0.403 e. The van der Waals surface area contributed by atoms with Gasteiger partial charge in [-0.2, -0.15) is 13.2 Å². The Bertz CT molecular complexity index is 309. The molecule has 0 spiro atoms. The van der Waals surface area contributed by atoms with Crippen LogP contribution in [-0.4, -0.2) is 29.8 Å². The van der Waals surface area contributed by atoms with Gasteiger partial charge in [0, 0.05) is 12.6 Å². The first-order valence-electron chi connectivity index (χ1n) is 5.45.